The van der Waals surface area contributed by atoms with Crippen LogP contribution in [0.5, 0.6) is 0 Å². The summed E-state index contributed by atoms with van der Waals surface area (Å²) in [6, 6.07) is 3.64. The largest absolute Gasteiger partial charge is 0.478 e. The molecule has 0 atom stereocenters. The lowest BCUT2D eigenvalue weighted by Crippen LogP contribution is -2.23. The number of carboxylic acid groups (broad SMARTS) is 1. The van der Waals surface area contributed by atoms with E-state index >= 15 is 0 Å². The zero-order chi connectivity index (χ0) is 17.6. The highest BCUT2D eigenvalue weighted by molar-refractivity contribution is 7.90. The van der Waals surface area contributed by atoms with Crippen molar-refractivity contribution in [2.24, 2.45) is 5.92 Å². The molecule has 0 radical (unpaired) electrons. The third-order valence-corrected chi connectivity index (χ3v) is 4.59. The van der Waals surface area contributed by atoms with Gasteiger partial charge < -0.3 is 10.4 Å². The Morgan fingerprint density at radius 3 is 2.13 bits per heavy atom. The molecule has 1 rings (SSSR count). The number of aromatic carboxylic acids is 1. The van der Waals surface area contributed by atoms with Gasteiger partial charge in [0.1, 0.15) is 0 Å². The highest BCUT2D eigenvalue weighted by atomic mass is 32.2. The van der Waals surface area contributed by atoms with Crippen molar-refractivity contribution in [1.82, 2.24) is 0 Å². The van der Waals surface area contributed by atoms with Crippen molar-refractivity contribution in [3.63, 3.8) is 0 Å². The van der Waals surface area contributed by atoms with Crippen molar-refractivity contribution in [1.29, 1.82) is 0 Å². The number of carboxylic acids is 1. The first kappa shape index (κ1) is 19.2. The van der Waals surface area contributed by atoms with Gasteiger partial charge in [0, 0.05) is 17.9 Å². The Morgan fingerprint density at radius 2 is 1.70 bits per heavy atom. The summed E-state index contributed by atoms with van der Waals surface area (Å²) >= 11 is 0. The zero-order valence-electron chi connectivity index (χ0n) is 13.6. The summed E-state index contributed by atoms with van der Waals surface area (Å²) in [6.07, 6.45) is 4.19. The normalized spacial score (nSPS) is 11.5. The molecule has 0 unspecified atom stereocenters. The van der Waals surface area contributed by atoms with Gasteiger partial charge in [0.05, 0.1) is 10.5 Å². The fourth-order valence-corrected chi connectivity index (χ4v) is 3.04. The number of hydrogen-bond donors (Lipinski definition) is 2. The molecule has 0 saturated carbocycles. The average molecular weight is 341 g/mol. The molecular weight excluding hydrogens is 318 g/mol. The van der Waals surface area contributed by atoms with Gasteiger partial charge in [-0.05, 0) is 31.0 Å². The van der Waals surface area contributed by atoms with E-state index in [1.165, 1.54) is 12.1 Å². The predicted octanol–water partition coefficient (Wildman–Crippen LogP) is 2.94. The van der Waals surface area contributed by atoms with Crippen LogP contribution in [-0.2, 0) is 14.6 Å². The van der Waals surface area contributed by atoms with E-state index in [0.29, 0.717) is 0 Å². The van der Waals surface area contributed by atoms with Crippen LogP contribution in [0.15, 0.2) is 23.1 Å². The summed E-state index contributed by atoms with van der Waals surface area (Å²) in [4.78, 5) is 23.3. The number of carbonyl (C=O) groups excluding carboxylic acids is 1. The molecule has 6 nitrogen and oxygen atoms in total. The monoisotopic (exact) mass is 341 g/mol. The SMILES string of the molecule is CCCC(CCC)C(=O)Nc1cc(C(=O)O)cc(S(C)(=O)=O)c1. The lowest BCUT2D eigenvalue weighted by atomic mass is 9.97. The van der Waals surface area contributed by atoms with Crippen molar-refractivity contribution in [3.05, 3.63) is 23.8 Å². The quantitative estimate of drug-likeness (QED) is 0.757. The van der Waals surface area contributed by atoms with Crippen LogP contribution in [0.2, 0.25) is 0 Å². The molecule has 7 heteroatoms. The van der Waals surface area contributed by atoms with Gasteiger partial charge in [-0.25, -0.2) is 13.2 Å². The number of rotatable bonds is 8. The topological polar surface area (TPSA) is 101 Å². The van der Waals surface area contributed by atoms with Crippen LogP contribution in [0.4, 0.5) is 5.69 Å². The van der Waals surface area contributed by atoms with E-state index in [1.54, 1.807) is 0 Å². The van der Waals surface area contributed by atoms with E-state index in [0.717, 1.165) is 38.0 Å². The molecule has 0 saturated heterocycles. The molecule has 1 aromatic rings. The molecule has 0 spiro atoms. The second kappa shape index (κ2) is 8.10. The Kier molecular flexibility index (Phi) is 6.75. The molecule has 128 valence electrons. The number of anilines is 1. The lowest BCUT2D eigenvalue weighted by Gasteiger charge is -2.16. The van der Waals surface area contributed by atoms with Gasteiger partial charge in [-0.15, -0.1) is 0 Å². The van der Waals surface area contributed by atoms with Crippen LogP contribution in [0, 0.1) is 5.92 Å². The van der Waals surface area contributed by atoms with E-state index in [1.807, 2.05) is 13.8 Å². The minimum absolute atomic E-state index is 0.129. The fraction of sp³-hybridized carbons (Fsp3) is 0.500. The van der Waals surface area contributed by atoms with Gasteiger partial charge >= 0.3 is 5.97 Å². The molecular formula is C16H23NO5S. The van der Waals surface area contributed by atoms with Crippen molar-refractivity contribution in [3.8, 4) is 0 Å². The first-order valence-electron chi connectivity index (χ1n) is 7.58. The number of amides is 1. The minimum Gasteiger partial charge on any atom is -0.478 e. The average Bonchev–Trinajstić information content (AvgIpc) is 2.45. The van der Waals surface area contributed by atoms with Crippen LogP contribution in [0.25, 0.3) is 0 Å². The summed E-state index contributed by atoms with van der Waals surface area (Å²) in [6.45, 7) is 3.98. The molecule has 2 N–H and O–H groups in total. The van der Waals surface area contributed by atoms with Gasteiger partial charge in [-0.2, -0.15) is 0 Å². The zero-order valence-corrected chi connectivity index (χ0v) is 14.4. The first-order valence-corrected chi connectivity index (χ1v) is 9.47. The molecule has 0 fully saturated rings. The maximum atomic E-state index is 12.3. The number of nitrogens with one attached hydrogen (secondary N) is 1. The molecule has 0 aromatic heterocycles. The smallest absolute Gasteiger partial charge is 0.335 e. The second-order valence-corrected chi connectivity index (χ2v) is 7.60. The summed E-state index contributed by atoms with van der Waals surface area (Å²) in [5.41, 5.74) is 0.0123. The van der Waals surface area contributed by atoms with Crippen molar-refractivity contribution in [2.45, 2.75) is 44.4 Å². The van der Waals surface area contributed by atoms with E-state index < -0.39 is 15.8 Å². The van der Waals surface area contributed by atoms with Gasteiger partial charge in [-0.3, -0.25) is 4.79 Å². The number of hydrogen-bond acceptors (Lipinski definition) is 4. The molecule has 0 bridgehead atoms. The summed E-state index contributed by atoms with van der Waals surface area (Å²) < 4.78 is 23.4. The fourth-order valence-electron chi connectivity index (χ4n) is 2.36. The molecule has 0 heterocycles. The van der Waals surface area contributed by atoms with Gasteiger partial charge in [0.2, 0.25) is 5.91 Å². The lowest BCUT2D eigenvalue weighted by molar-refractivity contribution is -0.120. The van der Waals surface area contributed by atoms with Crippen LogP contribution in [0.3, 0.4) is 0 Å². The van der Waals surface area contributed by atoms with E-state index in [2.05, 4.69) is 5.32 Å². The van der Waals surface area contributed by atoms with Crippen LogP contribution in [0.1, 0.15) is 49.9 Å². The molecule has 1 aromatic carbocycles. The third kappa shape index (κ3) is 5.67. The maximum Gasteiger partial charge on any atom is 0.335 e. The Morgan fingerprint density at radius 1 is 1.13 bits per heavy atom. The summed E-state index contributed by atoms with van der Waals surface area (Å²) in [5, 5.41) is 11.8. The van der Waals surface area contributed by atoms with E-state index in [9.17, 15) is 18.0 Å². The highest BCUT2D eigenvalue weighted by Crippen LogP contribution is 2.22. The van der Waals surface area contributed by atoms with Crippen molar-refractivity contribution in [2.75, 3.05) is 11.6 Å². The number of carbonyl (C=O) groups is 2. The Bertz CT molecular complexity index is 676. The van der Waals surface area contributed by atoms with Crippen LogP contribution in [-0.4, -0.2) is 31.7 Å². The Labute approximate surface area is 136 Å². The minimum atomic E-state index is -3.57. The Balaban J connectivity index is 3.14. The Hall–Kier alpha value is -1.89. The number of benzene rings is 1. The number of sulfone groups is 1. The summed E-state index contributed by atoms with van der Waals surface area (Å²) in [7, 11) is -3.57. The molecule has 23 heavy (non-hydrogen) atoms. The molecule has 1 amide bonds. The standard InChI is InChI=1S/C16H23NO5S/c1-4-6-11(7-5-2)15(18)17-13-8-12(16(19)20)9-14(10-13)23(3,21)22/h8-11H,4-7H2,1-3H3,(H,17,18)(H,19,20). The van der Waals surface area contributed by atoms with Gasteiger partial charge in [0.25, 0.3) is 0 Å². The molecule has 0 aliphatic carbocycles. The second-order valence-electron chi connectivity index (χ2n) is 5.59. The first-order chi connectivity index (χ1) is 10.7. The predicted molar refractivity (Wildman–Crippen MR) is 88.4 cm³/mol. The maximum absolute atomic E-state index is 12.3. The van der Waals surface area contributed by atoms with E-state index in [-0.39, 0.29) is 28.0 Å². The highest BCUT2D eigenvalue weighted by Gasteiger charge is 2.19. The third-order valence-electron chi connectivity index (χ3n) is 3.49. The van der Waals surface area contributed by atoms with Crippen LogP contribution >= 0.6 is 0 Å². The van der Waals surface area contributed by atoms with Crippen molar-refractivity contribution < 1.29 is 23.1 Å². The summed E-state index contributed by atoms with van der Waals surface area (Å²) in [5.74, 6) is -1.62. The molecule has 0 aliphatic heterocycles. The van der Waals surface area contributed by atoms with Crippen LogP contribution < -0.4 is 5.32 Å². The van der Waals surface area contributed by atoms with Gasteiger partial charge in [-0.1, -0.05) is 26.7 Å². The van der Waals surface area contributed by atoms with E-state index in [4.69, 9.17) is 5.11 Å². The van der Waals surface area contributed by atoms with Crippen molar-refractivity contribution >= 4 is 27.4 Å². The molecule has 0 aliphatic rings. The van der Waals surface area contributed by atoms with Gasteiger partial charge in [0.15, 0.2) is 9.84 Å².